The molecule has 0 rings (SSSR count). The molecular formula is C16H31NO. The van der Waals surface area contributed by atoms with Crippen molar-refractivity contribution in [1.29, 1.82) is 0 Å². The quantitative estimate of drug-likeness (QED) is 0.417. The lowest BCUT2D eigenvalue weighted by atomic mass is 10.1. The van der Waals surface area contributed by atoms with E-state index in [1.165, 1.54) is 37.7 Å². The number of nitrogens with two attached hydrogens (primary N) is 1. The molecule has 0 spiro atoms. The fraction of sp³-hybridized carbons (Fsp3) is 0.750. The summed E-state index contributed by atoms with van der Waals surface area (Å²) in [6, 6.07) is 0. The topological polar surface area (TPSA) is 35.2 Å². The van der Waals surface area contributed by atoms with Gasteiger partial charge in [0.25, 0.3) is 0 Å². The molecule has 0 radical (unpaired) electrons. The fourth-order valence-corrected chi connectivity index (χ4v) is 1.88. The molecule has 2 heteroatoms. The first-order valence-electron chi connectivity index (χ1n) is 7.40. The second-order valence-corrected chi connectivity index (χ2v) is 4.64. The van der Waals surface area contributed by atoms with Crippen LogP contribution in [0.2, 0.25) is 0 Å². The molecule has 0 atom stereocenters. The van der Waals surface area contributed by atoms with Crippen LogP contribution >= 0.6 is 0 Å². The maximum atomic E-state index is 5.62. The Labute approximate surface area is 113 Å². The lowest BCUT2D eigenvalue weighted by molar-refractivity contribution is 0.126. The molecule has 0 fully saturated rings. The minimum absolute atomic E-state index is 0.820. The van der Waals surface area contributed by atoms with Crippen LogP contribution in [-0.4, -0.2) is 19.8 Å². The van der Waals surface area contributed by atoms with E-state index in [0.29, 0.717) is 0 Å². The summed E-state index contributed by atoms with van der Waals surface area (Å²) in [5.74, 6) is 0. The zero-order valence-corrected chi connectivity index (χ0v) is 12.3. The second-order valence-electron chi connectivity index (χ2n) is 4.64. The van der Waals surface area contributed by atoms with Gasteiger partial charge >= 0.3 is 0 Å². The predicted molar refractivity (Wildman–Crippen MR) is 80.8 cm³/mol. The van der Waals surface area contributed by atoms with Crippen LogP contribution in [0.1, 0.15) is 58.8 Å². The van der Waals surface area contributed by atoms with Crippen LogP contribution in [0.3, 0.4) is 0 Å². The SMILES string of the molecule is C/C=C\C(=C/C)CCCCOCCCCCCN. The minimum Gasteiger partial charge on any atom is -0.381 e. The van der Waals surface area contributed by atoms with Crippen LogP contribution in [0.5, 0.6) is 0 Å². The highest BCUT2D eigenvalue weighted by Gasteiger charge is 1.94. The van der Waals surface area contributed by atoms with Crippen molar-refractivity contribution in [2.45, 2.75) is 58.8 Å². The smallest absolute Gasteiger partial charge is 0.0466 e. The number of hydrogen-bond donors (Lipinski definition) is 1. The Morgan fingerprint density at radius 2 is 1.61 bits per heavy atom. The summed E-state index contributed by atoms with van der Waals surface area (Å²) >= 11 is 0. The zero-order valence-electron chi connectivity index (χ0n) is 12.3. The van der Waals surface area contributed by atoms with Crippen molar-refractivity contribution in [3.63, 3.8) is 0 Å². The Kier molecular flexibility index (Phi) is 14.0. The Hall–Kier alpha value is -0.600. The molecule has 0 aliphatic carbocycles. The molecule has 0 aliphatic heterocycles. The minimum atomic E-state index is 0.820. The molecule has 0 amide bonds. The van der Waals surface area contributed by atoms with Gasteiger partial charge in [0.05, 0.1) is 0 Å². The van der Waals surface area contributed by atoms with E-state index >= 15 is 0 Å². The molecule has 0 heterocycles. The van der Waals surface area contributed by atoms with Crippen molar-refractivity contribution in [1.82, 2.24) is 0 Å². The van der Waals surface area contributed by atoms with E-state index in [2.05, 4.69) is 32.1 Å². The molecule has 0 bridgehead atoms. The number of rotatable bonds is 12. The van der Waals surface area contributed by atoms with Crippen molar-refractivity contribution >= 4 is 0 Å². The molecule has 0 saturated carbocycles. The van der Waals surface area contributed by atoms with Crippen molar-refractivity contribution in [2.75, 3.05) is 19.8 Å². The van der Waals surface area contributed by atoms with E-state index in [4.69, 9.17) is 10.5 Å². The van der Waals surface area contributed by atoms with Gasteiger partial charge in [-0.3, -0.25) is 0 Å². The van der Waals surface area contributed by atoms with Gasteiger partial charge < -0.3 is 10.5 Å². The molecule has 0 aromatic heterocycles. The molecule has 18 heavy (non-hydrogen) atoms. The van der Waals surface area contributed by atoms with E-state index in [1.807, 2.05) is 0 Å². The summed E-state index contributed by atoms with van der Waals surface area (Å²) in [6.07, 6.45) is 14.9. The van der Waals surface area contributed by atoms with Gasteiger partial charge in [-0.05, 0) is 52.5 Å². The molecule has 0 unspecified atom stereocenters. The van der Waals surface area contributed by atoms with Crippen molar-refractivity contribution < 1.29 is 4.74 Å². The molecule has 0 aromatic carbocycles. The third kappa shape index (κ3) is 11.9. The fourth-order valence-electron chi connectivity index (χ4n) is 1.88. The van der Waals surface area contributed by atoms with Gasteiger partial charge in [-0.25, -0.2) is 0 Å². The number of ether oxygens (including phenoxy) is 1. The average molecular weight is 253 g/mol. The number of allylic oxidation sites excluding steroid dienone is 4. The van der Waals surface area contributed by atoms with Crippen molar-refractivity contribution in [3.05, 3.63) is 23.8 Å². The summed E-state index contributed by atoms with van der Waals surface area (Å²) in [5.41, 5.74) is 6.87. The normalized spacial score (nSPS) is 12.5. The first-order valence-corrected chi connectivity index (χ1v) is 7.40. The number of hydrogen-bond acceptors (Lipinski definition) is 2. The van der Waals surface area contributed by atoms with E-state index in [0.717, 1.165) is 32.6 Å². The Balaban J connectivity index is 3.21. The summed E-state index contributed by atoms with van der Waals surface area (Å²) in [5, 5.41) is 0. The van der Waals surface area contributed by atoms with Gasteiger partial charge in [-0.15, -0.1) is 0 Å². The molecule has 0 saturated heterocycles. The maximum Gasteiger partial charge on any atom is 0.0466 e. The van der Waals surface area contributed by atoms with Gasteiger partial charge in [-0.1, -0.05) is 36.6 Å². The third-order valence-corrected chi connectivity index (χ3v) is 3.00. The zero-order chi connectivity index (χ0) is 13.5. The highest BCUT2D eigenvalue weighted by atomic mass is 16.5. The monoisotopic (exact) mass is 253 g/mol. The van der Waals surface area contributed by atoms with Crippen LogP contribution < -0.4 is 5.73 Å². The van der Waals surface area contributed by atoms with Gasteiger partial charge in [0.2, 0.25) is 0 Å². The summed E-state index contributed by atoms with van der Waals surface area (Å²) < 4.78 is 5.62. The predicted octanol–water partition coefficient (Wildman–Crippen LogP) is 4.21. The Morgan fingerprint density at radius 3 is 2.22 bits per heavy atom. The maximum absolute atomic E-state index is 5.62. The van der Waals surface area contributed by atoms with Gasteiger partial charge in [0.15, 0.2) is 0 Å². The first kappa shape index (κ1) is 17.4. The van der Waals surface area contributed by atoms with E-state index < -0.39 is 0 Å². The van der Waals surface area contributed by atoms with Crippen LogP contribution in [-0.2, 0) is 4.74 Å². The van der Waals surface area contributed by atoms with Crippen LogP contribution in [0.15, 0.2) is 23.8 Å². The van der Waals surface area contributed by atoms with E-state index in [9.17, 15) is 0 Å². The van der Waals surface area contributed by atoms with Crippen molar-refractivity contribution in [2.24, 2.45) is 5.73 Å². The highest BCUT2D eigenvalue weighted by Crippen LogP contribution is 2.09. The summed E-state index contributed by atoms with van der Waals surface area (Å²) in [4.78, 5) is 0. The van der Waals surface area contributed by atoms with E-state index in [-0.39, 0.29) is 0 Å². The standard InChI is InChI=1S/C16H31NO/c1-3-11-16(4-2)12-7-10-15-18-14-9-6-5-8-13-17/h3-4,11H,5-10,12-15,17H2,1-2H3/b11-3-,16-4+. The molecule has 2 N–H and O–H groups in total. The van der Waals surface area contributed by atoms with Crippen LogP contribution in [0, 0.1) is 0 Å². The molecule has 2 nitrogen and oxygen atoms in total. The molecule has 0 aromatic rings. The lowest BCUT2D eigenvalue weighted by Gasteiger charge is -2.05. The van der Waals surface area contributed by atoms with Crippen molar-refractivity contribution in [3.8, 4) is 0 Å². The molecular weight excluding hydrogens is 222 g/mol. The Morgan fingerprint density at radius 1 is 0.944 bits per heavy atom. The second kappa shape index (κ2) is 14.5. The summed E-state index contributed by atoms with van der Waals surface area (Å²) in [6.45, 7) is 6.81. The van der Waals surface area contributed by atoms with Gasteiger partial charge in [0, 0.05) is 13.2 Å². The van der Waals surface area contributed by atoms with Gasteiger partial charge in [0.1, 0.15) is 0 Å². The first-order chi connectivity index (χ1) is 8.85. The largest absolute Gasteiger partial charge is 0.381 e. The number of unbranched alkanes of at least 4 members (excludes halogenated alkanes) is 4. The summed E-state index contributed by atoms with van der Waals surface area (Å²) in [7, 11) is 0. The average Bonchev–Trinajstić information content (AvgIpc) is 2.39. The molecule has 106 valence electrons. The molecule has 0 aliphatic rings. The Bertz CT molecular complexity index is 221. The van der Waals surface area contributed by atoms with Crippen LogP contribution in [0.4, 0.5) is 0 Å². The van der Waals surface area contributed by atoms with Gasteiger partial charge in [-0.2, -0.15) is 0 Å². The van der Waals surface area contributed by atoms with E-state index in [1.54, 1.807) is 0 Å². The highest BCUT2D eigenvalue weighted by molar-refractivity contribution is 5.16. The third-order valence-electron chi connectivity index (χ3n) is 3.00. The van der Waals surface area contributed by atoms with Crippen LogP contribution in [0.25, 0.3) is 0 Å². The lowest BCUT2D eigenvalue weighted by Crippen LogP contribution is -2.00.